The number of aryl methyl sites for hydroxylation is 2. The SMILES string of the molecule is Cc1cc(C(=O)NCC2CCCCC2CBr)sc1C. The summed E-state index contributed by atoms with van der Waals surface area (Å²) in [7, 11) is 0. The molecule has 0 aliphatic heterocycles. The first-order chi connectivity index (χ1) is 9.11. The summed E-state index contributed by atoms with van der Waals surface area (Å²) < 4.78 is 0. The molecule has 2 unspecified atom stereocenters. The van der Waals surface area contributed by atoms with Crippen molar-refractivity contribution < 1.29 is 4.79 Å². The lowest BCUT2D eigenvalue weighted by molar-refractivity contribution is 0.0941. The van der Waals surface area contributed by atoms with Crippen LogP contribution in [0.15, 0.2) is 6.07 Å². The van der Waals surface area contributed by atoms with Gasteiger partial charge in [0.1, 0.15) is 0 Å². The van der Waals surface area contributed by atoms with Gasteiger partial charge in [-0.1, -0.05) is 28.8 Å². The fourth-order valence-electron chi connectivity index (χ4n) is 2.75. The van der Waals surface area contributed by atoms with Crippen molar-refractivity contribution in [3.63, 3.8) is 0 Å². The third-order valence-electron chi connectivity index (χ3n) is 4.18. The zero-order valence-corrected chi connectivity index (χ0v) is 14.1. The van der Waals surface area contributed by atoms with Gasteiger partial charge in [0.15, 0.2) is 0 Å². The lowest BCUT2D eigenvalue weighted by Gasteiger charge is -2.30. The molecule has 2 rings (SSSR count). The van der Waals surface area contributed by atoms with Crippen LogP contribution in [0.1, 0.15) is 45.8 Å². The summed E-state index contributed by atoms with van der Waals surface area (Å²) in [6, 6.07) is 2.00. The van der Waals surface area contributed by atoms with Gasteiger partial charge in [0.05, 0.1) is 4.88 Å². The van der Waals surface area contributed by atoms with Gasteiger partial charge in [-0.3, -0.25) is 4.79 Å². The number of hydrogen-bond acceptors (Lipinski definition) is 2. The topological polar surface area (TPSA) is 29.1 Å². The van der Waals surface area contributed by atoms with E-state index in [1.54, 1.807) is 11.3 Å². The number of nitrogens with one attached hydrogen (secondary N) is 1. The van der Waals surface area contributed by atoms with Gasteiger partial charge in [0.2, 0.25) is 0 Å². The highest BCUT2D eigenvalue weighted by Crippen LogP contribution is 2.31. The van der Waals surface area contributed by atoms with Gasteiger partial charge in [-0.05, 0) is 50.2 Å². The van der Waals surface area contributed by atoms with Crippen LogP contribution >= 0.6 is 27.3 Å². The Bertz CT molecular complexity index is 424. The zero-order valence-electron chi connectivity index (χ0n) is 11.7. The second-order valence-electron chi connectivity index (χ2n) is 5.52. The van der Waals surface area contributed by atoms with E-state index < -0.39 is 0 Å². The highest BCUT2D eigenvalue weighted by molar-refractivity contribution is 9.09. The Hall–Kier alpha value is -0.350. The number of rotatable bonds is 4. The van der Waals surface area contributed by atoms with Gasteiger partial charge in [0.25, 0.3) is 5.91 Å². The second kappa shape index (κ2) is 6.89. The van der Waals surface area contributed by atoms with Crippen molar-refractivity contribution in [1.82, 2.24) is 5.32 Å². The Kier molecular flexibility index (Phi) is 5.46. The molecule has 1 aromatic heterocycles. The van der Waals surface area contributed by atoms with Gasteiger partial charge in [-0.2, -0.15) is 0 Å². The standard InChI is InChI=1S/C15H22BrNOS/c1-10-7-14(19-11(10)2)15(18)17-9-13-6-4-3-5-12(13)8-16/h7,12-13H,3-6,8-9H2,1-2H3,(H,17,18). The third kappa shape index (κ3) is 3.82. The van der Waals surface area contributed by atoms with E-state index >= 15 is 0 Å². The molecule has 1 amide bonds. The minimum atomic E-state index is 0.0973. The van der Waals surface area contributed by atoms with Gasteiger partial charge in [0, 0.05) is 16.8 Å². The number of carbonyl (C=O) groups is 1. The van der Waals surface area contributed by atoms with E-state index in [4.69, 9.17) is 0 Å². The highest BCUT2D eigenvalue weighted by Gasteiger charge is 2.24. The van der Waals surface area contributed by atoms with E-state index in [9.17, 15) is 4.79 Å². The maximum Gasteiger partial charge on any atom is 0.261 e. The Morgan fingerprint density at radius 3 is 2.63 bits per heavy atom. The smallest absolute Gasteiger partial charge is 0.261 e. The molecule has 0 bridgehead atoms. The molecule has 2 atom stereocenters. The fraction of sp³-hybridized carbons (Fsp3) is 0.667. The monoisotopic (exact) mass is 343 g/mol. The first kappa shape index (κ1) is 15.0. The summed E-state index contributed by atoms with van der Waals surface area (Å²) in [5.41, 5.74) is 1.21. The van der Waals surface area contributed by atoms with E-state index in [0.717, 1.165) is 22.7 Å². The van der Waals surface area contributed by atoms with Crippen LogP contribution in [-0.4, -0.2) is 17.8 Å². The molecule has 1 aliphatic carbocycles. The van der Waals surface area contributed by atoms with E-state index in [0.29, 0.717) is 5.92 Å². The minimum absolute atomic E-state index is 0.0973. The van der Waals surface area contributed by atoms with Crippen molar-refractivity contribution in [2.45, 2.75) is 39.5 Å². The Morgan fingerprint density at radius 1 is 1.37 bits per heavy atom. The number of carbonyl (C=O) groups excluding carboxylic acids is 1. The lowest BCUT2D eigenvalue weighted by Crippen LogP contribution is -2.34. The molecule has 0 spiro atoms. The molecule has 0 aromatic carbocycles. The predicted molar refractivity (Wildman–Crippen MR) is 85.4 cm³/mol. The normalized spacial score (nSPS) is 23.3. The van der Waals surface area contributed by atoms with E-state index in [2.05, 4.69) is 35.1 Å². The maximum atomic E-state index is 12.1. The lowest BCUT2D eigenvalue weighted by atomic mass is 9.80. The van der Waals surface area contributed by atoms with Crippen LogP contribution in [0.4, 0.5) is 0 Å². The molecule has 0 saturated heterocycles. The molecule has 2 nitrogen and oxygen atoms in total. The second-order valence-corrected chi connectivity index (χ2v) is 7.42. The molecule has 0 radical (unpaired) electrons. The molecular weight excluding hydrogens is 322 g/mol. The average molecular weight is 344 g/mol. The summed E-state index contributed by atoms with van der Waals surface area (Å²) in [4.78, 5) is 14.2. The van der Waals surface area contributed by atoms with Crippen LogP contribution < -0.4 is 5.32 Å². The molecule has 1 N–H and O–H groups in total. The number of hydrogen-bond donors (Lipinski definition) is 1. The van der Waals surface area contributed by atoms with Crippen molar-refractivity contribution in [3.8, 4) is 0 Å². The number of amides is 1. The molecule has 19 heavy (non-hydrogen) atoms. The van der Waals surface area contributed by atoms with Gasteiger partial charge in [-0.15, -0.1) is 11.3 Å². The molecular formula is C15H22BrNOS. The summed E-state index contributed by atoms with van der Waals surface area (Å²) in [6.07, 6.45) is 5.19. The Morgan fingerprint density at radius 2 is 2.05 bits per heavy atom. The quantitative estimate of drug-likeness (QED) is 0.811. The van der Waals surface area contributed by atoms with Gasteiger partial charge >= 0.3 is 0 Å². The van der Waals surface area contributed by atoms with Crippen LogP contribution in [0.3, 0.4) is 0 Å². The van der Waals surface area contributed by atoms with Crippen molar-refractivity contribution in [3.05, 3.63) is 21.4 Å². The Labute approximate surface area is 128 Å². The molecule has 1 heterocycles. The average Bonchev–Trinajstić information content (AvgIpc) is 2.76. The molecule has 1 aliphatic rings. The molecule has 1 aromatic rings. The van der Waals surface area contributed by atoms with Crippen molar-refractivity contribution in [2.75, 3.05) is 11.9 Å². The minimum Gasteiger partial charge on any atom is -0.351 e. The van der Waals surface area contributed by atoms with Crippen molar-refractivity contribution in [2.24, 2.45) is 11.8 Å². The van der Waals surface area contributed by atoms with Crippen LogP contribution in [-0.2, 0) is 0 Å². The first-order valence-electron chi connectivity index (χ1n) is 7.03. The summed E-state index contributed by atoms with van der Waals surface area (Å²) in [5, 5.41) is 4.18. The van der Waals surface area contributed by atoms with Gasteiger partial charge in [-0.25, -0.2) is 0 Å². The largest absolute Gasteiger partial charge is 0.351 e. The first-order valence-corrected chi connectivity index (χ1v) is 8.96. The molecule has 1 fully saturated rings. The number of halogens is 1. The summed E-state index contributed by atoms with van der Waals surface area (Å²) >= 11 is 5.20. The number of alkyl halides is 1. The molecule has 106 valence electrons. The van der Waals surface area contributed by atoms with Crippen molar-refractivity contribution in [1.29, 1.82) is 0 Å². The molecule has 4 heteroatoms. The van der Waals surface area contributed by atoms with E-state index in [1.807, 2.05) is 6.07 Å². The predicted octanol–water partition coefficient (Wildman–Crippen LogP) is 4.30. The van der Waals surface area contributed by atoms with E-state index in [1.165, 1.54) is 36.1 Å². The van der Waals surface area contributed by atoms with Crippen LogP contribution in [0.25, 0.3) is 0 Å². The van der Waals surface area contributed by atoms with Crippen LogP contribution in [0.2, 0.25) is 0 Å². The maximum absolute atomic E-state index is 12.1. The Balaban J connectivity index is 1.89. The highest BCUT2D eigenvalue weighted by atomic mass is 79.9. The zero-order chi connectivity index (χ0) is 13.8. The molecule has 1 saturated carbocycles. The van der Waals surface area contributed by atoms with E-state index in [-0.39, 0.29) is 5.91 Å². The van der Waals surface area contributed by atoms with Crippen molar-refractivity contribution >= 4 is 33.2 Å². The van der Waals surface area contributed by atoms with Gasteiger partial charge < -0.3 is 5.32 Å². The summed E-state index contributed by atoms with van der Waals surface area (Å²) in [5.74, 6) is 1.46. The summed E-state index contributed by atoms with van der Waals surface area (Å²) in [6.45, 7) is 4.95. The third-order valence-corrected chi connectivity index (χ3v) is 6.16. The van der Waals surface area contributed by atoms with Crippen LogP contribution in [0, 0.1) is 25.7 Å². The number of thiophene rings is 1. The van der Waals surface area contributed by atoms with Crippen LogP contribution in [0.5, 0.6) is 0 Å². The fourth-order valence-corrected chi connectivity index (χ4v) is 4.56.